The predicted octanol–water partition coefficient (Wildman–Crippen LogP) is 2.07. The Kier molecular flexibility index (Phi) is 4.71. The third-order valence-corrected chi connectivity index (χ3v) is 2.99. The van der Waals surface area contributed by atoms with Crippen LogP contribution < -0.4 is 5.32 Å². The molecule has 0 saturated heterocycles. The summed E-state index contributed by atoms with van der Waals surface area (Å²) in [6, 6.07) is 7.32. The number of carbonyl (C=O) groups excluding carboxylic acids is 1. The topological polar surface area (TPSA) is 92.4 Å². The number of carboxylic acid groups (broad SMARTS) is 1. The first-order valence-corrected chi connectivity index (χ1v) is 6.60. The SMILES string of the molecule is CC(CCNC(=O)/C=C/c1nc2ccccc2o1)C(=O)O. The number of nitrogens with zero attached hydrogens (tertiary/aromatic N) is 1. The zero-order valence-corrected chi connectivity index (χ0v) is 11.6. The summed E-state index contributed by atoms with van der Waals surface area (Å²) in [4.78, 5) is 26.4. The van der Waals surface area contributed by atoms with Crippen LogP contribution in [0.4, 0.5) is 0 Å². The molecule has 2 N–H and O–H groups in total. The van der Waals surface area contributed by atoms with Gasteiger partial charge in [0, 0.05) is 18.7 Å². The minimum Gasteiger partial charge on any atom is -0.481 e. The summed E-state index contributed by atoms with van der Waals surface area (Å²) < 4.78 is 5.44. The van der Waals surface area contributed by atoms with Crippen LogP contribution in [0.3, 0.4) is 0 Å². The largest absolute Gasteiger partial charge is 0.481 e. The summed E-state index contributed by atoms with van der Waals surface area (Å²) in [5.41, 5.74) is 1.39. The summed E-state index contributed by atoms with van der Waals surface area (Å²) in [5, 5.41) is 11.3. The maximum atomic E-state index is 11.6. The minimum absolute atomic E-state index is 0.310. The van der Waals surface area contributed by atoms with Gasteiger partial charge < -0.3 is 14.8 Å². The van der Waals surface area contributed by atoms with Crippen molar-refractivity contribution in [3.8, 4) is 0 Å². The number of aliphatic carboxylic acids is 1. The molecule has 2 rings (SSSR count). The van der Waals surface area contributed by atoms with Crippen molar-refractivity contribution in [1.82, 2.24) is 10.3 Å². The number of amides is 1. The number of rotatable bonds is 6. The van der Waals surface area contributed by atoms with Gasteiger partial charge in [0.1, 0.15) is 5.52 Å². The first-order chi connectivity index (χ1) is 10.1. The summed E-state index contributed by atoms with van der Waals surface area (Å²) in [7, 11) is 0. The molecule has 1 aromatic carbocycles. The Morgan fingerprint density at radius 3 is 2.90 bits per heavy atom. The average Bonchev–Trinajstić information content (AvgIpc) is 2.87. The highest BCUT2D eigenvalue weighted by atomic mass is 16.4. The second-order valence-electron chi connectivity index (χ2n) is 4.67. The van der Waals surface area contributed by atoms with E-state index in [4.69, 9.17) is 9.52 Å². The fourth-order valence-corrected chi connectivity index (χ4v) is 1.70. The van der Waals surface area contributed by atoms with Crippen molar-refractivity contribution in [2.75, 3.05) is 6.54 Å². The Hall–Kier alpha value is -2.63. The van der Waals surface area contributed by atoms with Crippen LogP contribution in [0, 0.1) is 5.92 Å². The van der Waals surface area contributed by atoms with Gasteiger partial charge in [-0.1, -0.05) is 19.1 Å². The van der Waals surface area contributed by atoms with Crippen molar-refractivity contribution >= 4 is 29.1 Å². The molecule has 0 aliphatic heterocycles. The Morgan fingerprint density at radius 1 is 1.43 bits per heavy atom. The van der Waals surface area contributed by atoms with Crippen LogP contribution in [-0.2, 0) is 9.59 Å². The second-order valence-corrected chi connectivity index (χ2v) is 4.67. The van der Waals surface area contributed by atoms with Gasteiger partial charge in [0.2, 0.25) is 11.8 Å². The van der Waals surface area contributed by atoms with Gasteiger partial charge in [0.05, 0.1) is 5.92 Å². The van der Waals surface area contributed by atoms with Gasteiger partial charge in [0.15, 0.2) is 5.58 Å². The van der Waals surface area contributed by atoms with Crippen LogP contribution in [0.2, 0.25) is 0 Å². The molecule has 110 valence electrons. The molecular weight excluding hydrogens is 272 g/mol. The van der Waals surface area contributed by atoms with E-state index in [1.54, 1.807) is 13.0 Å². The Balaban J connectivity index is 1.85. The highest BCUT2D eigenvalue weighted by Gasteiger charge is 2.10. The number of para-hydroxylation sites is 2. The van der Waals surface area contributed by atoms with E-state index < -0.39 is 11.9 Å². The highest BCUT2D eigenvalue weighted by molar-refractivity contribution is 5.91. The van der Waals surface area contributed by atoms with E-state index in [0.29, 0.717) is 24.4 Å². The molecule has 0 radical (unpaired) electrons. The lowest BCUT2D eigenvalue weighted by molar-refractivity contribution is -0.141. The molecule has 6 nitrogen and oxygen atoms in total. The van der Waals surface area contributed by atoms with E-state index in [1.165, 1.54) is 12.2 Å². The zero-order valence-electron chi connectivity index (χ0n) is 11.6. The Morgan fingerprint density at radius 2 is 2.19 bits per heavy atom. The number of oxazole rings is 1. The van der Waals surface area contributed by atoms with Gasteiger partial charge in [-0.3, -0.25) is 9.59 Å². The van der Waals surface area contributed by atoms with E-state index in [9.17, 15) is 9.59 Å². The van der Waals surface area contributed by atoms with Crippen molar-refractivity contribution in [3.05, 3.63) is 36.2 Å². The van der Waals surface area contributed by atoms with E-state index in [-0.39, 0.29) is 5.91 Å². The molecular formula is C15H16N2O4. The molecule has 2 aromatic rings. The van der Waals surface area contributed by atoms with Gasteiger partial charge >= 0.3 is 5.97 Å². The summed E-state index contributed by atoms with van der Waals surface area (Å²) >= 11 is 0. The number of fused-ring (bicyclic) bond motifs is 1. The Labute approximate surface area is 121 Å². The predicted molar refractivity (Wildman–Crippen MR) is 77.5 cm³/mol. The highest BCUT2D eigenvalue weighted by Crippen LogP contribution is 2.15. The minimum atomic E-state index is -0.869. The van der Waals surface area contributed by atoms with Crippen molar-refractivity contribution in [3.63, 3.8) is 0 Å². The van der Waals surface area contributed by atoms with E-state index in [0.717, 1.165) is 5.52 Å². The lowest BCUT2D eigenvalue weighted by Crippen LogP contribution is -2.25. The lowest BCUT2D eigenvalue weighted by atomic mass is 10.1. The molecule has 1 unspecified atom stereocenters. The number of hydrogen-bond donors (Lipinski definition) is 2. The summed E-state index contributed by atoms with van der Waals surface area (Å²) in [6.45, 7) is 1.91. The molecule has 1 amide bonds. The fraction of sp³-hybridized carbons (Fsp3) is 0.267. The van der Waals surface area contributed by atoms with Crippen LogP contribution in [0.15, 0.2) is 34.8 Å². The number of carboxylic acids is 1. The van der Waals surface area contributed by atoms with E-state index >= 15 is 0 Å². The first kappa shape index (κ1) is 14.8. The van der Waals surface area contributed by atoms with Crippen LogP contribution in [-0.4, -0.2) is 28.5 Å². The molecule has 0 fully saturated rings. The maximum Gasteiger partial charge on any atom is 0.306 e. The van der Waals surface area contributed by atoms with Crippen molar-refractivity contribution in [1.29, 1.82) is 0 Å². The van der Waals surface area contributed by atoms with Crippen LogP contribution in [0.25, 0.3) is 17.2 Å². The normalized spacial score (nSPS) is 12.6. The van der Waals surface area contributed by atoms with E-state index in [1.807, 2.05) is 18.2 Å². The van der Waals surface area contributed by atoms with E-state index in [2.05, 4.69) is 10.3 Å². The molecule has 1 atom stereocenters. The van der Waals surface area contributed by atoms with Gasteiger partial charge in [-0.15, -0.1) is 0 Å². The van der Waals surface area contributed by atoms with Gasteiger partial charge in [-0.05, 0) is 18.6 Å². The molecule has 1 heterocycles. The molecule has 0 saturated carbocycles. The molecule has 0 spiro atoms. The third-order valence-electron chi connectivity index (χ3n) is 2.99. The maximum absolute atomic E-state index is 11.6. The molecule has 0 aliphatic carbocycles. The molecule has 1 aromatic heterocycles. The second kappa shape index (κ2) is 6.69. The zero-order chi connectivity index (χ0) is 15.2. The number of benzene rings is 1. The molecule has 0 aliphatic rings. The first-order valence-electron chi connectivity index (χ1n) is 6.60. The molecule has 21 heavy (non-hydrogen) atoms. The number of hydrogen-bond acceptors (Lipinski definition) is 4. The van der Waals surface area contributed by atoms with Crippen LogP contribution in [0.1, 0.15) is 19.2 Å². The fourth-order valence-electron chi connectivity index (χ4n) is 1.70. The van der Waals surface area contributed by atoms with Gasteiger partial charge in [0.25, 0.3) is 0 Å². The lowest BCUT2D eigenvalue weighted by Gasteiger charge is -2.05. The van der Waals surface area contributed by atoms with Gasteiger partial charge in [-0.2, -0.15) is 0 Å². The average molecular weight is 288 g/mol. The Bertz CT molecular complexity index is 642. The number of nitrogens with one attached hydrogen (secondary N) is 1. The third kappa shape index (κ3) is 4.17. The van der Waals surface area contributed by atoms with Gasteiger partial charge in [-0.25, -0.2) is 4.98 Å². The number of aromatic nitrogens is 1. The molecule has 0 bridgehead atoms. The van der Waals surface area contributed by atoms with Crippen molar-refractivity contribution in [2.45, 2.75) is 13.3 Å². The number of carbonyl (C=O) groups is 2. The standard InChI is InChI=1S/C15H16N2O4/c1-10(15(19)20)8-9-16-13(18)6-7-14-17-11-4-2-3-5-12(11)21-14/h2-7,10H,8-9H2,1H3,(H,16,18)(H,19,20)/b7-6+. The smallest absolute Gasteiger partial charge is 0.306 e. The quantitative estimate of drug-likeness (QED) is 0.794. The van der Waals surface area contributed by atoms with Crippen molar-refractivity contribution < 1.29 is 19.1 Å². The van der Waals surface area contributed by atoms with Crippen LogP contribution >= 0.6 is 0 Å². The molecule has 6 heteroatoms. The van der Waals surface area contributed by atoms with Crippen molar-refractivity contribution in [2.24, 2.45) is 5.92 Å². The summed E-state index contributed by atoms with van der Waals surface area (Å²) in [5.74, 6) is -1.31. The van der Waals surface area contributed by atoms with Crippen LogP contribution in [0.5, 0.6) is 0 Å². The summed E-state index contributed by atoms with van der Waals surface area (Å²) in [6.07, 6.45) is 3.18. The monoisotopic (exact) mass is 288 g/mol.